The fraction of sp³-hybridized carbons (Fsp3) is 0.417. The van der Waals surface area contributed by atoms with Crippen LogP contribution in [0.15, 0.2) is 24.3 Å². The number of hydrogen-bond donors (Lipinski definition) is 1. The molecule has 3 heteroatoms. The van der Waals surface area contributed by atoms with E-state index in [1.54, 1.807) is 11.9 Å². The van der Waals surface area contributed by atoms with Crippen molar-refractivity contribution in [2.75, 3.05) is 11.9 Å². The molecule has 1 amide bonds. The minimum absolute atomic E-state index is 0.000769. The number of para-hydroxylation sites is 1. The van der Waals surface area contributed by atoms with E-state index in [1.807, 2.05) is 38.1 Å². The Bertz CT molecular complexity index is 347. The van der Waals surface area contributed by atoms with Gasteiger partial charge in [-0.25, -0.2) is 0 Å². The maximum absolute atomic E-state index is 11.8. The number of rotatable bonds is 3. The molecule has 0 aromatic heterocycles. The van der Waals surface area contributed by atoms with Gasteiger partial charge in [0.1, 0.15) is 0 Å². The molecule has 0 radical (unpaired) electrons. The molecule has 1 aromatic rings. The SMILES string of the molecule is CC(C)C(=O)N(C)c1ccccc1CN. The van der Waals surface area contributed by atoms with Crippen molar-refractivity contribution in [1.82, 2.24) is 0 Å². The van der Waals surface area contributed by atoms with Crippen LogP contribution in [0.2, 0.25) is 0 Å². The highest BCUT2D eigenvalue weighted by Gasteiger charge is 2.16. The molecule has 0 bridgehead atoms. The largest absolute Gasteiger partial charge is 0.326 e. The van der Waals surface area contributed by atoms with Gasteiger partial charge in [-0.15, -0.1) is 0 Å². The normalized spacial score (nSPS) is 10.5. The zero-order valence-corrected chi connectivity index (χ0v) is 9.53. The van der Waals surface area contributed by atoms with Gasteiger partial charge in [0.25, 0.3) is 0 Å². The van der Waals surface area contributed by atoms with Gasteiger partial charge in [0.15, 0.2) is 0 Å². The first-order chi connectivity index (χ1) is 7.07. The Morgan fingerprint density at radius 2 is 2.00 bits per heavy atom. The third kappa shape index (κ3) is 2.57. The molecule has 2 N–H and O–H groups in total. The summed E-state index contributed by atoms with van der Waals surface area (Å²) >= 11 is 0. The Hall–Kier alpha value is -1.35. The number of carbonyl (C=O) groups is 1. The van der Waals surface area contributed by atoms with Crippen molar-refractivity contribution in [3.63, 3.8) is 0 Å². The predicted octanol–water partition coefficient (Wildman–Crippen LogP) is 1.76. The van der Waals surface area contributed by atoms with E-state index in [9.17, 15) is 4.79 Å². The van der Waals surface area contributed by atoms with E-state index in [0.29, 0.717) is 6.54 Å². The number of nitrogens with zero attached hydrogens (tertiary/aromatic N) is 1. The van der Waals surface area contributed by atoms with Crippen LogP contribution in [0.4, 0.5) is 5.69 Å². The minimum Gasteiger partial charge on any atom is -0.326 e. The quantitative estimate of drug-likeness (QED) is 0.819. The number of benzene rings is 1. The average Bonchev–Trinajstić information content (AvgIpc) is 2.26. The lowest BCUT2D eigenvalue weighted by Crippen LogP contribution is -2.31. The van der Waals surface area contributed by atoms with Gasteiger partial charge in [0, 0.05) is 25.2 Å². The van der Waals surface area contributed by atoms with Crippen LogP contribution in [0, 0.1) is 5.92 Å². The highest BCUT2D eigenvalue weighted by Crippen LogP contribution is 2.20. The first-order valence-electron chi connectivity index (χ1n) is 5.13. The summed E-state index contributed by atoms with van der Waals surface area (Å²) in [6.07, 6.45) is 0. The van der Waals surface area contributed by atoms with Gasteiger partial charge >= 0.3 is 0 Å². The van der Waals surface area contributed by atoms with Gasteiger partial charge in [-0.3, -0.25) is 4.79 Å². The van der Waals surface area contributed by atoms with Crippen LogP contribution in [-0.2, 0) is 11.3 Å². The maximum Gasteiger partial charge on any atom is 0.229 e. The second-order valence-electron chi connectivity index (χ2n) is 3.88. The molecule has 0 saturated carbocycles. The zero-order valence-electron chi connectivity index (χ0n) is 9.53. The fourth-order valence-corrected chi connectivity index (χ4v) is 1.52. The topological polar surface area (TPSA) is 46.3 Å². The average molecular weight is 206 g/mol. The molecule has 0 aliphatic carbocycles. The maximum atomic E-state index is 11.8. The van der Waals surface area contributed by atoms with Crippen molar-refractivity contribution < 1.29 is 4.79 Å². The van der Waals surface area contributed by atoms with E-state index >= 15 is 0 Å². The zero-order chi connectivity index (χ0) is 11.4. The Morgan fingerprint density at radius 1 is 1.40 bits per heavy atom. The summed E-state index contributed by atoms with van der Waals surface area (Å²) in [7, 11) is 1.79. The summed E-state index contributed by atoms with van der Waals surface area (Å²) in [5, 5.41) is 0. The summed E-state index contributed by atoms with van der Waals surface area (Å²) < 4.78 is 0. The van der Waals surface area contributed by atoms with Crippen LogP contribution in [0.3, 0.4) is 0 Å². The molecule has 0 spiro atoms. The first-order valence-corrected chi connectivity index (χ1v) is 5.13. The Labute approximate surface area is 90.9 Å². The van der Waals surface area contributed by atoms with Crippen molar-refractivity contribution in [2.24, 2.45) is 11.7 Å². The van der Waals surface area contributed by atoms with E-state index < -0.39 is 0 Å². The number of carbonyl (C=O) groups excluding carboxylic acids is 1. The van der Waals surface area contributed by atoms with Crippen LogP contribution in [0.5, 0.6) is 0 Å². The molecule has 0 heterocycles. The van der Waals surface area contributed by atoms with Crippen LogP contribution in [-0.4, -0.2) is 13.0 Å². The Kier molecular flexibility index (Phi) is 3.86. The molecule has 0 unspecified atom stereocenters. The third-order valence-electron chi connectivity index (χ3n) is 2.40. The first kappa shape index (κ1) is 11.7. The monoisotopic (exact) mass is 206 g/mol. The standard InChI is InChI=1S/C12H18N2O/c1-9(2)12(15)14(3)11-7-5-4-6-10(11)8-13/h4-7,9H,8,13H2,1-3H3. The summed E-state index contributed by atoms with van der Waals surface area (Å²) in [6, 6.07) is 7.71. The molecule has 3 nitrogen and oxygen atoms in total. The molecule has 82 valence electrons. The van der Waals surface area contributed by atoms with Crippen molar-refractivity contribution >= 4 is 11.6 Å². The number of anilines is 1. The molecule has 1 aromatic carbocycles. The summed E-state index contributed by atoms with van der Waals surface area (Å²) in [6.45, 7) is 4.24. The van der Waals surface area contributed by atoms with Crippen LogP contribution in [0.25, 0.3) is 0 Å². The third-order valence-corrected chi connectivity index (χ3v) is 2.40. The van der Waals surface area contributed by atoms with Gasteiger partial charge in [0.05, 0.1) is 0 Å². The number of amides is 1. The van der Waals surface area contributed by atoms with E-state index in [2.05, 4.69) is 0 Å². The van der Waals surface area contributed by atoms with E-state index in [4.69, 9.17) is 5.73 Å². The highest BCUT2D eigenvalue weighted by atomic mass is 16.2. The smallest absolute Gasteiger partial charge is 0.229 e. The molecule has 0 fully saturated rings. The van der Waals surface area contributed by atoms with Crippen molar-refractivity contribution in [2.45, 2.75) is 20.4 Å². The molecule has 0 aliphatic rings. The van der Waals surface area contributed by atoms with Gasteiger partial charge in [-0.05, 0) is 11.6 Å². The van der Waals surface area contributed by atoms with Gasteiger partial charge in [-0.2, -0.15) is 0 Å². The molecular weight excluding hydrogens is 188 g/mol. The Morgan fingerprint density at radius 3 is 2.53 bits per heavy atom. The van der Waals surface area contributed by atoms with Crippen molar-refractivity contribution in [3.8, 4) is 0 Å². The van der Waals surface area contributed by atoms with E-state index in [-0.39, 0.29) is 11.8 Å². The van der Waals surface area contributed by atoms with E-state index in [1.165, 1.54) is 0 Å². The second kappa shape index (κ2) is 4.94. The lowest BCUT2D eigenvalue weighted by Gasteiger charge is -2.22. The lowest BCUT2D eigenvalue weighted by molar-refractivity contribution is -0.121. The summed E-state index contributed by atoms with van der Waals surface area (Å²) in [5.74, 6) is 0.108. The molecular formula is C12H18N2O. The second-order valence-corrected chi connectivity index (χ2v) is 3.88. The minimum atomic E-state index is 0.000769. The number of hydrogen-bond acceptors (Lipinski definition) is 2. The van der Waals surface area contributed by atoms with Gasteiger partial charge in [0.2, 0.25) is 5.91 Å². The highest BCUT2D eigenvalue weighted by molar-refractivity contribution is 5.94. The summed E-state index contributed by atoms with van der Waals surface area (Å²) in [4.78, 5) is 13.5. The molecule has 1 rings (SSSR count). The molecule has 0 aliphatic heterocycles. The summed E-state index contributed by atoms with van der Waals surface area (Å²) in [5.41, 5.74) is 7.52. The van der Waals surface area contributed by atoms with Crippen molar-refractivity contribution in [1.29, 1.82) is 0 Å². The molecule has 0 saturated heterocycles. The van der Waals surface area contributed by atoms with Gasteiger partial charge < -0.3 is 10.6 Å². The lowest BCUT2D eigenvalue weighted by atomic mass is 10.1. The van der Waals surface area contributed by atoms with Crippen LogP contribution < -0.4 is 10.6 Å². The Balaban J connectivity index is 3.00. The fourth-order valence-electron chi connectivity index (χ4n) is 1.52. The van der Waals surface area contributed by atoms with Gasteiger partial charge in [-0.1, -0.05) is 32.0 Å². The van der Waals surface area contributed by atoms with Crippen molar-refractivity contribution in [3.05, 3.63) is 29.8 Å². The van der Waals surface area contributed by atoms with E-state index in [0.717, 1.165) is 11.3 Å². The predicted molar refractivity (Wildman–Crippen MR) is 62.6 cm³/mol. The van der Waals surface area contributed by atoms with Crippen LogP contribution in [0.1, 0.15) is 19.4 Å². The molecule has 15 heavy (non-hydrogen) atoms. The van der Waals surface area contributed by atoms with Crippen LogP contribution >= 0.6 is 0 Å². The molecule has 0 atom stereocenters. The number of nitrogens with two attached hydrogens (primary N) is 1.